The summed E-state index contributed by atoms with van der Waals surface area (Å²) in [4.78, 5) is 5.45. The van der Waals surface area contributed by atoms with E-state index in [4.69, 9.17) is 4.74 Å². The predicted molar refractivity (Wildman–Crippen MR) is 111 cm³/mol. The van der Waals surface area contributed by atoms with E-state index in [0.717, 1.165) is 18.5 Å². The number of thiophene rings is 1. The van der Waals surface area contributed by atoms with Crippen LogP contribution in [0.15, 0.2) is 40.7 Å². The van der Waals surface area contributed by atoms with Gasteiger partial charge in [0.1, 0.15) is 0 Å². The summed E-state index contributed by atoms with van der Waals surface area (Å²) in [6, 6.07) is 9.02. The molecular formula is C17H22F2IN3O2S. The second kappa shape index (κ2) is 11.9. The third kappa shape index (κ3) is 7.32. The number of nitrogens with one attached hydrogen (secondary N) is 2. The van der Waals surface area contributed by atoms with Gasteiger partial charge in [0.05, 0.1) is 7.11 Å². The van der Waals surface area contributed by atoms with Crippen LogP contribution in [0.3, 0.4) is 0 Å². The highest BCUT2D eigenvalue weighted by Gasteiger charge is 2.11. The Hall–Kier alpha value is -1.62. The zero-order valence-electron chi connectivity index (χ0n) is 14.5. The van der Waals surface area contributed by atoms with Crippen LogP contribution in [-0.4, -0.2) is 33.3 Å². The van der Waals surface area contributed by atoms with Crippen LogP contribution < -0.4 is 20.1 Å². The maximum Gasteiger partial charge on any atom is 0.387 e. The molecule has 1 heterocycles. The van der Waals surface area contributed by atoms with E-state index in [1.165, 1.54) is 18.1 Å². The number of ether oxygens (including phenoxy) is 2. The van der Waals surface area contributed by atoms with Gasteiger partial charge < -0.3 is 20.1 Å². The predicted octanol–water partition coefficient (Wildman–Crippen LogP) is 3.88. The second-order valence-electron chi connectivity index (χ2n) is 5.05. The van der Waals surface area contributed by atoms with Gasteiger partial charge in [0.25, 0.3) is 0 Å². The lowest BCUT2D eigenvalue weighted by molar-refractivity contribution is -0.0512. The van der Waals surface area contributed by atoms with Gasteiger partial charge >= 0.3 is 6.61 Å². The monoisotopic (exact) mass is 497 g/mol. The number of nitrogens with zero attached hydrogens (tertiary/aromatic N) is 1. The minimum atomic E-state index is -2.90. The van der Waals surface area contributed by atoms with Crippen molar-refractivity contribution in [1.29, 1.82) is 0 Å². The standard InChI is InChI=1S/C17H21F2N3O2S.HI/c1-20-17(21-8-7-13-4-3-9-25-13)22-11-12-5-6-14(23-2)15(10-12)24-16(18)19;/h3-6,9-10,16H,7-8,11H2,1-2H3,(H2,20,21,22);1H. The lowest BCUT2D eigenvalue weighted by atomic mass is 10.2. The maximum atomic E-state index is 12.5. The van der Waals surface area contributed by atoms with E-state index in [2.05, 4.69) is 26.4 Å². The van der Waals surface area contributed by atoms with Crippen molar-refractivity contribution in [1.82, 2.24) is 10.6 Å². The SMILES string of the molecule is CN=C(NCCc1cccs1)NCc1ccc(OC)c(OC(F)F)c1.I. The summed E-state index contributed by atoms with van der Waals surface area (Å²) in [5.74, 6) is 0.920. The van der Waals surface area contributed by atoms with Crippen molar-refractivity contribution >= 4 is 41.3 Å². The lowest BCUT2D eigenvalue weighted by Crippen LogP contribution is -2.37. The average molecular weight is 497 g/mol. The summed E-state index contributed by atoms with van der Waals surface area (Å²) in [5, 5.41) is 8.41. The number of hydrogen-bond donors (Lipinski definition) is 2. The van der Waals surface area contributed by atoms with Gasteiger partial charge in [-0.1, -0.05) is 12.1 Å². The topological polar surface area (TPSA) is 54.9 Å². The molecule has 0 spiro atoms. The smallest absolute Gasteiger partial charge is 0.387 e. The van der Waals surface area contributed by atoms with E-state index in [1.807, 2.05) is 11.4 Å². The molecule has 0 radical (unpaired) electrons. The summed E-state index contributed by atoms with van der Waals surface area (Å²) >= 11 is 1.71. The van der Waals surface area contributed by atoms with Crippen LogP contribution in [0.2, 0.25) is 0 Å². The molecule has 0 saturated heterocycles. The van der Waals surface area contributed by atoms with Gasteiger partial charge in [0, 0.05) is 25.0 Å². The van der Waals surface area contributed by atoms with Gasteiger partial charge in [-0.05, 0) is 35.6 Å². The number of rotatable bonds is 8. The van der Waals surface area contributed by atoms with Crippen LogP contribution in [0, 0.1) is 0 Å². The highest BCUT2D eigenvalue weighted by molar-refractivity contribution is 14.0. The molecule has 9 heteroatoms. The Morgan fingerprint density at radius 3 is 2.65 bits per heavy atom. The Morgan fingerprint density at radius 2 is 2.04 bits per heavy atom. The summed E-state index contributed by atoms with van der Waals surface area (Å²) in [6.07, 6.45) is 0.910. The largest absolute Gasteiger partial charge is 0.493 e. The van der Waals surface area contributed by atoms with Crippen molar-refractivity contribution in [3.8, 4) is 11.5 Å². The molecule has 0 unspecified atom stereocenters. The number of benzene rings is 1. The van der Waals surface area contributed by atoms with Gasteiger partial charge in [-0.15, -0.1) is 35.3 Å². The normalized spacial score (nSPS) is 11.0. The molecule has 0 bridgehead atoms. The first-order chi connectivity index (χ1) is 12.1. The third-order valence-corrected chi connectivity index (χ3v) is 4.31. The molecule has 0 atom stereocenters. The Kier molecular flexibility index (Phi) is 10.3. The van der Waals surface area contributed by atoms with E-state index >= 15 is 0 Å². The summed E-state index contributed by atoms with van der Waals surface area (Å²) in [5.41, 5.74) is 0.776. The number of halogens is 3. The Morgan fingerprint density at radius 1 is 1.23 bits per heavy atom. The number of hydrogen-bond acceptors (Lipinski definition) is 4. The first kappa shape index (κ1) is 22.4. The van der Waals surface area contributed by atoms with Crippen LogP contribution >= 0.6 is 35.3 Å². The molecule has 0 aliphatic carbocycles. The fourth-order valence-corrected chi connectivity index (χ4v) is 2.89. The highest BCUT2D eigenvalue weighted by Crippen LogP contribution is 2.29. The van der Waals surface area contributed by atoms with E-state index < -0.39 is 6.61 Å². The zero-order chi connectivity index (χ0) is 18.1. The van der Waals surface area contributed by atoms with Crippen LogP contribution in [0.4, 0.5) is 8.78 Å². The van der Waals surface area contributed by atoms with Gasteiger partial charge in [-0.25, -0.2) is 0 Å². The molecule has 1 aromatic carbocycles. The minimum Gasteiger partial charge on any atom is -0.493 e. The van der Waals surface area contributed by atoms with Gasteiger partial charge in [-0.3, -0.25) is 4.99 Å². The average Bonchev–Trinajstić information content (AvgIpc) is 3.11. The quantitative estimate of drug-likeness (QED) is 0.330. The first-order valence-electron chi connectivity index (χ1n) is 7.71. The van der Waals surface area contributed by atoms with Gasteiger partial charge in [0.15, 0.2) is 17.5 Å². The minimum absolute atomic E-state index is 0. The fourth-order valence-electron chi connectivity index (χ4n) is 2.18. The Labute approximate surface area is 172 Å². The van der Waals surface area contributed by atoms with Crippen molar-refractivity contribution in [3.63, 3.8) is 0 Å². The number of guanidine groups is 1. The van der Waals surface area contributed by atoms with Gasteiger partial charge in [0.2, 0.25) is 0 Å². The molecule has 0 amide bonds. The van der Waals surface area contributed by atoms with Crippen molar-refractivity contribution in [2.24, 2.45) is 4.99 Å². The third-order valence-electron chi connectivity index (χ3n) is 3.37. The molecule has 1 aromatic heterocycles. The van der Waals surface area contributed by atoms with Crippen LogP contribution in [0.1, 0.15) is 10.4 Å². The van der Waals surface area contributed by atoms with E-state index in [1.54, 1.807) is 30.5 Å². The van der Waals surface area contributed by atoms with E-state index in [9.17, 15) is 8.78 Å². The number of alkyl halides is 2. The second-order valence-corrected chi connectivity index (χ2v) is 6.08. The first-order valence-corrected chi connectivity index (χ1v) is 8.59. The Bertz CT molecular complexity index is 685. The van der Waals surface area contributed by atoms with Gasteiger partial charge in [-0.2, -0.15) is 8.78 Å². The molecule has 2 aromatic rings. The zero-order valence-corrected chi connectivity index (χ0v) is 17.6. The van der Waals surface area contributed by atoms with Crippen LogP contribution in [0.5, 0.6) is 11.5 Å². The molecule has 2 N–H and O–H groups in total. The molecular weight excluding hydrogens is 475 g/mol. The Balaban J connectivity index is 0.00000338. The molecule has 0 fully saturated rings. The van der Waals surface area contributed by atoms with Crippen molar-refractivity contribution in [2.75, 3.05) is 20.7 Å². The maximum absolute atomic E-state index is 12.5. The summed E-state index contributed by atoms with van der Waals surface area (Å²) in [7, 11) is 3.09. The summed E-state index contributed by atoms with van der Waals surface area (Å²) in [6.45, 7) is -1.73. The molecule has 144 valence electrons. The molecule has 26 heavy (non-hydrogen) atoms. The molecule has 2 rings (SSSR count). The molecule has 0 aliphatic rings. The molecule has 0 aliphatic heterocycles. The molecule has 0 saturated carbocycles. The van der Waals surface area contributed by atoms with E-state index in [-0.39, 0.29) is 35.5 Å². The molecule has 5 nitrogen and oxygen atoms in total. The van der Waals surface area contributed by atoms with Crippen molar-refractivity contribution < 1.29 is 18.3 Å². The lowest BCUT2D eigenvalue weighted by Gasteiger charge is -2.14. The summed E-state index contributed by atoms with van der Waals surface area (Å²) < 4.78 is 34.5. The van der Waals surface area contributed by atoms with Crippen molar-refractivity contribution in [3.05, 3.63) is 46.2 Å². The number of aliphatic imine (C=N–C) groups is 1. The van der Waals surface area contributed by atoms with E-state index in [0.29, 0.717) is 12.5 Å². The fraction of sp³-hybridized carbons (Fsp3) is 0.353. The number of methoxy groups -OCH3 is 1. The van der Waals surface area contributed by atoms with Crippen LogP contribution in [-0.2, 0) is 13.0 Å². The van der Waals surface area contributed by atoms with Crippen molar-refractivity contribution in [2.45, 2.75) is 19.6 Å². The van der Waals surface area contributed by atoms with Crippen LogP contribution in [0.25, 0.3) is 0 Å². The highest BCUT2D eigenvalue weighted by atomic mass is 127.